The smallest absolute Gasteiger partial charge is 0.339 e. The van der Waals surface area contributed by atoms with Crippen LogP contribution in [0.4, 0.5) is 10.5 Å². The number of hydrogen-bond donors (Lipinski definition) is 2. The van der Waals surface area contributed by atoms with Gasteiger partial charge in [-0.3, -0.25) is 0 Å². The van der Waals surface area contributed by atoms with Gasteiger partial charge in [0.2, 0.25) is 12.1 Å². The minimum Gasteiger partial charge on any atom is -0.465 e. The predicted molar refractivity (Wildman–Crippen MR) is 145 cm³/mol. The second-order valence-corrected chi connectivity index (χ2v) is 11.6. The topological polar surface area (TPSA) is 99.6 Å². The minimum absolute atomic E-state index is 0.0862. The lowest BCUT2D eigenvalue weighted by Crippen LogP contribution is -2.70. The summed E-state index contributed by atoms with van der Waals surface area (Å²) >= 11 is 0. The molecule has 2 N–H and O–H groups in total. The number of carbonyl (C=O) groups is 1. The molecule has 0 aromatic heterocycles. The van der Waals surface area contributed by atoms with E-state index in [4.69, 9.17) is 24.0 Å². The summed E-state index contributed by atoms with van der Waals surface area (Å²) in [5.74, 6) is 1.00. The Hall–Kier alpha value is -2.98. The van der Waals surface area contributed by atoms with Crippen LogP contribution in [0.15, 0.2) is 53.6 Å². The van der Waals surface area contributed by atoms with Crippen LogP contribution in [-0.4, -0.2) is 36.2 Å². The van der Waals surface area contributed by atoms with Crippen molar-refractivity contribution in [1.82, 2.24) is 5.43 Å². The van der Waals surface area contributed by atoms with Gasteiger partial charge in [-0.2, -0.15) is 5.10 Å². The third-order valence-electron chi connectivity index (χ3n) is 9.00. The maximum absolute atomic E-state index is 12.1. The predicted octanol–water partition coefficient (Wildman–Crippen LogP) is 5.74. The van der Waals surface area contributed by atoms with Crippen molar-refractivity contribution < 1.29 is 28.8 Å². The van der Waals surface area contributed by atoms with Crippen LogP contribution in [0.5, 0.6) is 5.75 Å². The first-order valence-electron chi connectivity index (χ1n) is 13.9. The maximum Gasteiger partial charge on any atom is 0.339 e. The van der Waals surface area contributed by atoms with Gasteiger partial charge in [-0.25, -0.2) is 20.0 Å². The molecule has 7 rings (SSSR count). The monoisotopic (exact) mass is 535 g/mol. The van der Waals surface area contributed by atoms with Gasteiger partial charge in [0, 0.05) is 23.9 Å². The highest BCUT2D eigenvalue weighted by Gasteiger charge is 2.69. The second-order valence-electron chi connectivity index (χ2n) is 11.6. The lowest BCUT2D eigenvalue weighted by Gasteiger charge is -2.60. The molecule has 4 aliphatic heterocycles. The van der Waals surface area contributed by atoms with Gasteiger partial charge in [-0.1, -0.05) is 32.0 Å². The Balaban J connectivity index is 1.10. The number of hydrogen-bond acceptors (Lipinski definition) is 7. The zero-order valence-electron chi connectivity index (χ0n) is 22.9. The molecule has 1 saturated carbocycles. The number of para-hydroxylation sites is 1. The standard InChI is InChI=1S/C30H37N3O6/c1-18-9-14-24-20(3)26(36-27-30(24)23(18)15-16-29(4,37-27)38-39-30)35-22-12-10-21(11-13-22)17-31-33-28(34)32-25-8-6-5-7-19(25)2/h5-8,10-13,17-18,20,23-24,26-27H,9,14-16H2,1-4H3,(H2,32,33,34)/b31-17+/t18-,20-,23+,24+,26+,27?,29+,30-/m1/s1. The molecule has 39 heavy (non-hydrogen) atoms. The Bertz CT molecular complexity index is 1240. The molecule has 2 bridgehead atoms. The number of ether oxygens (including phenoxy) is 3. The fraction of sp³-hybridized carbons (Fsp3) is 0.533. The molecule has 2 aromatic rings. The van der Waals surface area contributed by atoms with Gasteiger partial charge in [0.15, 0.2) is 11.9 Å². The molecule has 1 aliphatic carbocycles. The normalized spacial score (nSPS) is 37.1. The maximum atomic E-state index is 12.1. The van der Waals surface area contributed by atoms with E-state index in [1.165, 1.54) is 0 Å². The van der Waals surface area contributed by atoms with Gasteiger partial charge in [0.05, 0.1) is 6.21 Å². The lowest BCUT2D eigenvalue weighted by atomic mass is 9.58. The van der Waals surface area contributed by atoms with Crippen LogP contribution in [0.1, 0.15) is 57.6 Å². The van der Waals surface area contributed by atoms with Gasteiger partial charge in [-0.15, -0.1) is 0 Å². The molecule has 1 unspecified atom stereocenters. The molecule has 0 radical (unpaired) electrons. The van der Waals surface area contributed by atoms with Gasteiger partial charge >= 0.3 is 6.03 Å². The van der Waals surface area contributed by atoms with Crippen LogP contribution in [0.3, 0.4) is 0 Å². The fourth-order valence-corrected chi connectivity index (χ4v) is 6.80. The van der Waals surface area contributed by atoms with E-state index in [-0.39, 0.29) is 11.8 Å². The van der Waals surface area contributed by atoms with Crippen molar-refractivity contribution in [2.75, 3.05) is 5.32 Å². The zero-order chi connectivity index (χ0) is 27.2. The quantitative estimate of drug-likeness (QED) is 0.288. The first-order valence-corrected chi connectivity index (χ1v) is 13.9. The first kappa shape index (κ1) is 26.3. The number of urea groups is 1. The number of fused-ring (bicyclic) bond motifs is 2. The molecule has 208 valence electrons. The van der Waals surface area contributed by atoms with Crippen LogP contribution in [0.2, 0.25) is 0 Å². The number of nitrogens with one attached hydrogen (secondary N) is 2. The van der Waals surface area contributed by atoms with E-state index in [1.807, 2.05) is 62.4 Å². The number of aryl methyl sites for hydroxylation is 1. The van der Waals surface area contributed by atoms with Crippen molar-refractivity contribution in [1.29, 1.82) is 0 Å². The average molecular weight is 536 g/mol. The highest BCUT2D eigenvalue weighted by atomic mass is 17.3. The number of carbonyl (C=O) groups excluding carboxylic acids is 1. The van der Waals surface area contributed by atoms with Crippen molar-refractivity contribution in [2.24, 2.45) is 28.8 Å². The van der Waals surface area contributed by atoms with Crippen LogP contribution in [0.25, 0.3) is 0 Å². The average Bonchev–Trinajstić information content (AvgIpc) is 3.15. The molecule has 9 heteroatoms. The molecule has 4 heterocycles. The summed E-state index contributed by atoms with van der Waals surface area (Å²) in [6.07, 6.45) is 4.51. The highest BCUT2D eigenvalue weighted by molar-refractivity contribution is 5.91. The van der Waals surface area contributed by atoms with Crippen molar-refractivity contribution in [2.45, 2.75) is 77.3 Å². The molecule has 2 amide bonds. The molecule has 9 nitrogen and oxygen atoms in total. The van der Waals surface area contributed by atoms with E-state index >= 15 is 0 Å². The van der Waals surface area contributed by atoms with E-state index in [2.05, 4.69) is 29.7 Å². The SMILES string of the molecule is Cc1ccccc1NC(=O)N/N=C/c1ccc(O[C@H]2OC3O[C@]4(C)CC[C@H]5[C@H](C)CC[C@@H]([C@H]2C)[C@@]35OO4)cc1. The summed E-state index contributed by atoms with van der Waals surface area (Å²) in [4.78, 5) is 24.2. The van der Waals surface area contributed by atoms with Gasteiger partial charge in [0.1, 0.15) is 5.75 Å². The molecule has 1 spiro atoms. The van der Waals surface area contributed by atoms with Crippen molar-refractivity contribution in [3.05, 3.63) is 59.7 Å². The number of nitrogens with zero attached hydrogens (tertiary/aromatic N) is 1. The molecular formula is C30H37N3O6. The zero-order valence-corrected chi connectivity index (χ0v) is 22.9. The van der Waals surface area contributed by atoms with E-state index in [9.17, 15) is 4.79 Å². The van der Waals surface area contributed by atoms with Crippen molar-refractivity contribution in [3.8, 4) is 5.75 Å². The number of hydrazone groups is 1. The largest absolute Gasteiger partial charge is 0.465 e. The summed E-state index contributed by atoms with van der Waals surface area (Å²) in [5, 5.41) is 6.84. The Morgan fingerprint density at radius 2 is 1.85 bits per heavy atom. The van der Waals surface area contributed by atoms with Gasteiger partial charge < -0.3 is 19.5 Å². The van der Waals surface area contributed by atoms with Crippen molar-refractivity contribution in [3.63, 3.8) is 0 Å². The van der Waals surface area contributed by atoms with Gasteiger partial charge in [0.25, 0.3) is 0 Å². The molecule has 5 fully saturated rings. The number of rotatable bonds is 5. The number of benzene rings is 2. The van der Waals surface area contributed by atoms with Crippen LogP contribution in [-0.2, 0) is 19.2 Å². The number of amides is 2. The Morgan fingerprint density at radius 1 is 1.05 bits per heavy atom. The van der Waals surface area contributed by atoms with E-state index in [1.54, 1.807) is 6.21 Å². The Morgan fingerprint density at radius 3 is 2.64 bits per heavy atom. The summed E-state index contributed by atoms with van der Waals surface area (Å²) < 4.78 is 19.3. The van der Waals surface area contributed by atoms with E-state index in [0.29, 0.717) is 17.6 Å². The summed E-state index contributed by atoms with van der Waals surface area (Å²) in [6.45, 7) is 8.34. The second kappa shape index (κ2) is 10.2. The Labute approximate surface area is 229 Å². The van der Waals surface area contributed by atoms with Crippen LogP contribution >= 0.6 is 0 Å². The van der Waals surface area contributed by atoms with Crippen LogP contribution < -0.4 is 15.5 Å². The van der Waals surface area contributed by atoms with E-state index < -0.39 is 30.0 Å². The molecule has 2 aromatic carbocycles. The third kappa shape index (κ3) is 4.82. The molecule has 5 aliphatic rings. The summed E-state index contributed by atoms with van der Waals surface area (Å²) in [5.41, 5.74) is 4.43. The summed E-state index contributed by atoms with van der Waals surface area (Å²) in [6, 6.07) is 14.7. The van der Waals surface area contributed by atoms with Gasteiger partial charge in [-0.05, 0) is 86.4 Å². The molecular weight excluding hydrogens is 498 g/mol. The van der Waals surface area contributed by atoms with Crippen molar-refractivity contribution >= 4 is 17.9 Å². The lowest BCUT2D eigenvalue weighted by molar-refractivity contribution is -0.575. The Kier molecular flexibility index (Phi) is 6.87. The van der Waals surface area contributed by atoms with E-state index in [0.717, 1.165) is 42.5 Å². The third-order valence-corrected chi connectivity index (χ3v) is 9.00. The number of anilines is 1. The summed E-state index contributed by atoms with van der Waals surface area (Å²) in [7, 11) is 0. The first-order chi connectivity index (χ1) is 18.8. The highest BCUT2D eigenvalue weighted by Crippen LogP contribution is 2.60. The minimum atomic E-state index is -0.811. The van der Waals surface area contributed by atoms with Crippen LogP contribution in [0, 0.1) is 30.6 Å². The molecule has 4 saturated heterocycles. The fourth-order valence-electron chi connectivity index (χ4n) is 6.80. The molecule has 8 atom stereocenters.